The smallest absolute Gasteiger partial charge is 0.248 e. The zero-order valence-corrected chi connectivity index (χ0v) is 11.9. The average Bonchev–Trinajstić information content (AvgIpc) is 2.29. The number of hydrogen-bond acceptors (Lipinski definition) is 3. The second kappa shape index (κ2) is 7.11. The highest BCUT2D eigenvalue weighted by Crippen LogP contribution is 2.14. The molecule has 1 atom stereocenters. The number of primary amides is 1. The van der Waals surface area contributed by atoms with Crippen LogP contribution in [0.3, 0.4) is 0 Å². The van der Waals surface area contributed by atoms with Gasteiger partial charge in [0.1, 0.15) is 0 Å². The molecule has 19 heavy (non-hydrogen) atoms. The SMILES string of the molecule is CCCC(C)(N)C(=O)Nc1ccc(C(N)=O)cc1.Cl. The third-order valence-electron chi connectivity index (χ3n) is 2.72. The van der Waals surface area contributed by atoms with Crippen molar-refractivity contribution in [3.63, 3.8) is 0 Å². The van der Waals surface area contributed by atoms with Crippen LogP contribution in [0.5, 0.6) is 0 Å². The maximum Gasteiger partial charge on any atom is 0.248 e. The molecule has 0 saturated heterocycles. The van der Waals surface area contributed by atoms with Crippen molar-refractivity contribution >= 4 is 29.9 Å². The minimum absolute atomic E-state index is 0. The van der Waals surface area contributed by atoms with Gasteiger partial charge in [0.25, 0.3) is 0 Å². The topological polar surface area (TPSA) is 98.2 Å². The molecule has 6 heteroatoms. The van der Waals surface area contributed by atoms with E-state index in [0.717, 1.165) is 6.42 Å². The second-order valence-electron chi connectivity index (χ2n) is 4.56. The third kappa shape index (κ3) is 4.89. The van der Waals surface area contributed by atoms with Crippen molar-refractivity contribution < 1.29 is 9.59 Å². The summed E-state index contributed by atoms with van der Waals surface area (Å²) < 4.78 is 0. The lowest BCUT2D eigenvalue weighted by Gasteiger charge is -2.22. The van der Waals surface area contributed by atoms with E-state index < -0.39 is 11.4 Å². The van der Waals surface area contributed by atoms with Crippen molar-refractivity contribution in [2.75, 3.05) is 5.32 Å². The van der Waals surface area contributed by atoms with Gasteiger partial charge in [0, 0.05) is 11.3 Å². The average molecular weight is 286 g/mol. The van der Waals surface area contributed by atoms with Gasteiger partial charge in [-0.2, -0.15) is 0 Å². The van der Waals surface area contributed by atoms with Crippen LogP contribution in [0.15, 0.2) is 24.3 Å². The number of rotatable bonds is 5. The summed E-state index contributed by atoms with van der Waals surface area (Å²) in [5.74, 6) is -0.737. The van der Waals surface area contributed by atoms with Crippen molar-refractivity contribution in [3.05, 3.63) is 29.8 Å². The molecule has 0 aliphatic rings. The summed E-state index contributed by atoms with van der Waals surface area (Å²) >= 11 is 0. The minimum atomic E-state index is -0.892. The molecule has 0 aliphatic carbocycles. The Balaban J connectivity index is 0.00000324. The monoisotopic (exact) mass is 285 g/mol. The lowest BCUT2D eigenvalue weighted by molar-refractivity contribution is -0.120. The van der Waals surface area contributed by atoms with Crippen LogP contribution in [-0.2, 0) is 4.79 Å². The summed E-state index contributed by atoms with van der Waals surface area (Å²) in [5, 5.41) is 2.72. The zero-order valence-electron chi connectivity index (χ0n) is 11.1. The number of amides is 2. The lowest BCUT2D eigenvalue weighted by Crippen LogP contribution is -2.48. The van der Waals surface area contributed by atoms with Crippen LogP contribution < -0.4 is 16.8 Å². The van der Waals surface area contributed by atoms with Gasteiger partial charge in [-0.1, -0.05) is 13.3 Å². The van der Waals surface area contributed by atoms with Crippen LogP contribution in [0.1, 0.15) is 37.0 Å². The van der Waals surface area contributed by atoms with E-state index in [4.69, 9.17) is 11.5 Å². The van der Waals surface area contributed by atoms with Gasteiger partial charge in [0.2, 0.25) is 11.8 Å². The number of halogens is 1. The molecule has 0 bridgehead atoms. The molecule has 0 spiro atoms. The van der Waals surface area contributed by atoms with Crippen molar-refractivity contribution in [1.82, 2.24) is 0 Å². The fourth-order valence-electron chi connectivity index (χ4n) is 1.62. The van der Waals surface area contributed by atoms with E-state index in [1.54, 1.807) is 31.2 Å². The van der Waals surface area contributed by atoms with E-state index in [1.165, 1.54) is 0 Å². The summed E-state index contributed by atoms with van der Waals surface area (Å²) in [6.45, 7) is 3.67. The van der Waals surface area contributed by atoms with Crippen LogP contribution in [0.4, 0.5) is 5.69 Å². The molecule has 1 rings (SSSR count). The Morgan fingerprint density at radius 2 is 1.79 bits per heavy atom. The molecule has 0 heterocycles. The van der Waals surface area contributed by atoms with Gasteiger partial charge >= 0.3 is 0 Å². The lowest BCUT2D eigenvalue weighted by atomic mass is 9.96. The number of carbonyl (C=O) groups excluding carboxylic acids is 2. The molecule has 2 amide bonds. The third-order valence-corrected chi connectivity index (χ3v) is 2.72. The van der Waals surface area contributed by atoms with E-state index in [-0.39, 0.29) is 18.3 Å². The van der Waals surface area contributed by atoms with E-state index in [2.05, 4.69) is 5.32 Å². The zero-order chi connectivity index (χ0) is 13.8. The molecule has 1 aromatic carbocycles. The number of nitrogens with one attached hydrogen (secondary N) is 1. The summed E-state index contributed by atoms with van der Waals surface area (Å²) in [6.07, 6.45) is 1.44. The molecule has 0 radical (unpaired) electrons. The molecule has 5 nitrogen and oxygen atoms in total. The van der Waals surface area contributed by atoms with Gasteiger partial charge in [-0.15, -0.1) is 12.4 Å². The van der Waals surface area contributed by atoms with Gasteiger partial charge < -0.3 is 16.8 Å². The van der Waals surface area contributed by atoms with Gasteiger partial charge in [-0.3, -0.25) is 9.59 Å². The first-order chi connectivity index (χ1) is 8.36. The molecule has 0 aromatic heterocycles. The predicted molar refractivity (Wildman–Crippen MR) is 78.3 cm³/mol. The fourth-order valence-corrected chi connectivity index (χ4v) is 1.62. The quantitative estimate of drug-likeness (QED) is 0.767. The fraction of sp³-hybridized carbons (Fsp3) is 0.385. The van der Waals surface area contributed by atoms with Crippen LogP contribution >= 0.6 is 12.4 Å². The molecule has 106 valence electrons. The van der Waals surface area contributed by atoms with E-state index in [9.17, 15) is 9.59 Å². The minimum Gasteiger partial charge on any atom is -0.366 e. The van der Waals surface area contributed by atoms with Crippen LogP contribution in [0.2, 0.25) is 0 Å². The van der Waals surface area contributed by atoms with Gasteiger partial charge in [-0.25, -0.2) is 0 Å². The molecule has 1 unspecified atom stereocenters. The molecule has 1 aromatic rings. The summed E-state index contributed by atoms with van der Waals surface area (Å²) in [4.78, 5) is 22.8. The summed E-state index contributed by atoms with van der Waals surface area (Å²) in [6, 6.07) is 6.37. The maximum atomic E-state index is 11.9. The van der Waals surface area contributed by atoms with E-state index in [1.807, 2.05) is 6.92 Å². The van der Waals surface area contributed by atoms with E-state index >= 15 is 0 Å². The Bertz CT molecular complexity index is 444. The van der Waals surface area contributed by atoms with E-state index in [0.29, 0.717) is 17.7 Å². The number of hydrogen-bond donors (Lipinski definition) is 3. The highest BCUT2D eigenvalue weighted by atomic mass is 35.5. The molecule has 0 aliphatic heterocycles. The number of anilines is 1. The Kier molecular flexibility index (Phi) is 6.52. The largest absolute Gasteiger partial charge is 0.366 e. The Morgan fingerprint density at radius 1 is 1.26 bits per heavy atom. The molecular formula is C13H20ClN3O2. The van der Waals surface area contributed by atoms with Gasteiger partial charge in [0.05, 0.1) is 5.54 Å². The first kappa shape index (κ1) is 17.4. The van der Waals surface area contributed by atoms with Crippen molar-refractivity contribution in [2.45, 2.75) is 32.2 Å². The first-order valence-corrected chi connectivity index (χ1v) is 5.87. The van der Waals surface area contributed by atoms with Crippen LogP contribution in [0, 0.1) is 0 Å². The highest BCUT2D eigenvalue weighted by molar-refractivity contribution is 5.98. The molecule has 0 saturated carbocycles. The normalized spacial score (nSPS) is 13.0. The first-order valence-electron chi connectivity index (χ1n) is 5.87. The number of carbonyl (C=O) groups is 2. The van der Waals surface area contributed by atoms with Crippen molar-refractivity contribution in [1.29, 1.82) is 0 Å². The number of benzene rings is 1. The maximum absolute atomic E-state index is 11.9. The predicted octanol–water partition coefficient (Wildman–Crippen LogP) is 1.66. The van der Waals surface area contributed by atoms with Crippen LogP contribution in [-0.4, -0.2) is 17.4 Å². The standard InChI is InChI=1S/C13H19N3O2.ClH/c1-3-8-13(2,15)12(18)16-10-6-4-9(5-7-10)11(14)17;/h4-7H,3,8,15H2,1-2H3,(H2,14,17)(H,16,18);1H. The highest BCUT2D eigenvalue weighted by Gasteiger charge is 2.27. The van der Waals surface area contributed by atoms with Gasteiger partial charge in [0.15, 0.2) is 0 Å². The Labute approximate surface area is 119 Å². The Hall–Kier alpha value is -1.59. The number of nitrogens with two attached hydrogens (primary N) is 2. The van der Waals surface area contributed by atoms with Crippen LogP contribution in [0.25, 0.3) is 0 Å². The second-order valence-corrected chi connectivity index (χ2v) is 4.56. The molecular weight excluding hydrogens is 266 g/mol. The van der Waals surface area contributed by atoms with Gasteiger partial charge in [-0.05, 0) is 37.6 Å². The summed E-state index contributed by atoms with van der Waals surface area (Å²) in [5.41, 5.74) is 11.1. The molecule has 5 N–H and O–H groups in total. The summed E-state index contributed by atoms with van der Waals surface area (Å²) in [7, 11) is 0. The van der Waals surface area contributed by atoms with Crippen molar-refractivity contribution in [2.24, 2.45) is 11.5 Å². The molecule has 0 fully saturated rings. The Morgan fingerprint density at radius 3 is 2.21 bits per heavy atom. The van der Waals surface area contributed by atoms with Crippen molar-refractivity contribution in [3.8, 4) is 0 Å².